The molecule has 0 N–H and O–H groups in total. The Balaban J connectivity index is 1.25. The molecule has 3 heteroatoms. The normalized spacial score (nSPS) is 13.3. The highest BCUT2D eigenvalue weighted by atomic mass is 32.1. The smallest absolute Gasteiger partial charge is 0.0741 e. The number of hydrogen-bond donors (Lipinski definition) is 0. The zero-order valence-corrected chi connectivity index (χ0v) is 32.2. The largest absolute Gasteiger partial charge is 0.309 e. The lowest BCUT2D eigenvalue weighted by Gasteiger charge is -2.34. The molecule has 0 aliphatic heterocycles. The molecule has 3 heterocycles. The molecule has 12 aromatic rings. The van der Waals surface area contributed by atoms with Crippen LogP contribution in [0.25, 0.3) is 86.3 Å². The van der Waals surface area contributed by atoms with Crippen LogP contribution in [0.3, 0.4) is 0 Å². The molecule has 1 aliphatic carbocycles. The molecule has 58 heavy (non-hydrogen) atoms. The van der Waals surface area contributed by atoms with Crippen molar-refractivity contribution in [3.8, 4) is 22.5 Å². The van der Waals surface area contributed by atoms with Crippen LogP contribution < -0.4 is 0 Å². The topological polar surface area (TPSA) is 9.86 Å². The molecule has 0 amide bonds. The Labute approximate surface area is 339 Å². The van der Waals surface area contributed by atoms with Crippen molar-refractivity contribution in [1.82, 2.24) is 9.13 Å². The highest BCUT2D eigenvalue weighted by Gasteiger charge is 2.46. The number of fused-ring (bicyclic) bond motifs is 15. The molecule has 0 saturated heterocycles. The van der Waals surface area contributed by atoms with Crippen LogP contribution in [0.5, 0.6) is 0 Å². The van der Waals surface area contributed by atoms with Crippen LogP contribution in [-0.2, 0) is 5.41 Å². The third kappa shape index (κ3) is 4.06. The molecule has 0 radical (unpaired) electrons. The molecule has 0 spiro atoms. The number of aromatic nitrogens is 2. The van der Waals surface area contributed by atoms with Crippen molar-refractivity contribution in [2.75, 3.05) is 0 Å². The third-order valence-electron chi connectivity index (χ3n) is 12.8. The molecule has 270 valence electrons. The van der Waals surface area contributed by atoms with Crippen molar-refractivity contribution in [2.24, 2.45) is 0 Å². The minimum atomic E-state index is -0.501. The van der Waals surface area contributed by atoms with Crippen molar-refractivity contribution in [3.63, 3.8) is 0 Å². The number of para-hydroxylation sites is 3. The average Bonchev–Trinajstić information content (AvgIpc) is 4.03. The Morgan fingerprint density at radius 3 is 1.60 bits per heavy atom. The van der Waals surface area contributed by atoms with Crippen LogP contribution in [-0.4, -0.2) is 9.13 Å². The van der Waals surface area contributed by atoms with Gasteiger partial charge in [0.25, 0.3) is 0 Å². The molecule has 0 atom stereocenters. The van der Waals surface area contributed by atoms with Crippen LogP contribution in [0.15, 0.2) is 206 Å². The van der Waals surface area contributed by atoms with E-state index in [-0.39, 0.29) is 0 Å². The Bertz CT molecular complexity index is 3570. The fourth-order valence-electron chi connectivity index (χ4n) is 10.6. The standard InChI is InChI=1S/C55H34N2S/c1-4-18-35(19-5-1)55(36-20-6-2-7-21-36)44-28-14-10-24-39(44)40-33-32-38(34-45(40)55)57-46-29-15-11-25-41(46)49-50-43-27-13-17-31-48(43)58-54(50)53-51(52(49)57)42-26-12-16-30-47(42)56(53)37-22-8-3-9-23-37/h1-34H. The van der Waals surface area contributed by atoms with Gasteiger partial charge in [-0.15, -0.1) is 11.3 Å². The monoisotopic (exact) mass is 754 g/mol. The molecule has 0 fully saturated rings. The first-order valence-corrected chi connectivity index (χ1v) is 20.8. The summed E-state index contributed by atoms with van der Waals surface area (Å²) in [5.41, 5.74) is 14.5. The summed E-state index contributed by atoms with van der Waals surface area (Å²) in [5.74, 6) is 0. The van der Waals surface area contributed by atoms with E-state index in [4.69, 9.17) is 0 Å². The van der Waals surface area contributed by atoms with Gasteiger partial charge in [-0.05, 0) is 75.8 Å². The lowest BCUT2D eigenvalue weighted by atomic mass is 9.67. The molecule has 9 aromatic carbocycles. The lowest BCUT2D eigenvalue weighted by molar-refractivity contribution is 0.767. The molecular formula is C55H34N2S. The van der Waals surface area contributed by atoms with E-state index in [0.29, 0.717) is 0 Å². The number of benzene rings is 9. The van der Waals surface area contributed by atoms with Gasteiger partial charge < -0.3 is 9.13 Å². The SMILES string of the molecule is c1ccc(-n2c3ccccc3c3c2c2sc4ccccc4c2c2c4ccccc4n(-c4ccc5c(c4)C(c4ccccc4)(c4ccccc4)c4ccccc4-5)c23)cc1. The Morgan fingerprint density at radius 2 is 0.897 bits per heavy atom. The summed E-state index contributed by atoms with van der Waals surface area (Å²) in [4.78, 5) is 0. The van der Waals surface area contributed by atoms with Crippen LogP contribution in [0, 0.1) is 0 Å². The van der Waals surface area contributed by atoms with E-state index in [0.717, 1.165) is 5.69 Å². The molecule has 0 bridgehead atoms. The van der Waals surface area contributed by atoms with Crippen LogP contribution in [0.2, 0.25) is 0 Å². The molecule has 0 saturated carbocycles. The fraction of sp³-hybridized carbons (Fsp3) is 0.0182. The van der Waals surface area contributed by atoms with E-state index in [1.807, 2.05) is 11.3 Å². The molecule has 1 aliphatic rings. The van der Waals surface area contributed by atoms with Gasteiger partial charge in [-0.25, -0.2) is 0 Å². The van der Waals surface area contributed by atoms with Crippen molar-refractivity contribution in [1.29, 1.82) is 0 Å². The highest BCUT2D eigenvalue weighted by molar-refractivity contribution is 7.27. The van der Waals surface area contributed by atoms with E-state index >= 15 is 0 Å². The van der Waals surface area contributed by atoms with Crippen molar-refractivity contribution < 1.29 is 0 Å². The molecular weight excluding hydrogens is 721 g/mol. The highest BCUT2D eigenvalue weighted by Crippen LogP contribution is 2.57. The molecule has 3 aromatic heterocycles. The van der Waals surface area contributed by atoms with Gasteiger partial charge in [-0.1, -0.05) is 164 Å². The minimum absolute atomic E-state index is 0.501. The maximum absolute atomic E-state index is 2.59. The average molecular weight is 755 g/mol. The van der Waals surface area contributed by atoms with E-state index in [9.17, 15) is 0 Å². The van der Waals surface area contributed by atoms with E-state index in [2.05, 4.69) is 215 Å². The van der Waals surface area contributed by atoms with E-state index in [1.54, 1.807) is 0 Å². The van der Waals surface area contributed by atoms with Crippen molar-refractivity contribution >= 4 is 75.1 Å². The summed E-state index contributed by atoms with van der Waals surface area (Å²) in [5, 5.41) is 7.75. The summed E-state index contributed by atoms with van der Waals surface area (Å²) < 4.78 is 7.73. The number of nitrogens with zero attached hydrogens (tertiary/aromatic N) is 2. The zero-order chi connectivity index (χ0) is 38.0. The van der Waals surface area contributed by atoms with Gasteiger partial charge >= 0.3 is 0 Å². The van der Waals surface area contributed by atoms with E-state index in [1.165, 1.54) is 103 Å². The second kappa shape index (κ2) is 11.9. The summed E-state index contributed by atoms with van der Waals surface area (Å²) in [6, 6.07) is 76.5. The number of rotatable bonds is 4. The van der Waals surface area contributed by atoms with Gasteiger partial charge in [0.05, 0.1) is 32.2 Å². The first-order chi connectivity index (χ1) is 28.8. The van der Waals surface area contributed by atoms with Crippen molar-refractivity contribution in [3.05, 3.63) is 229 Å². The minimum Gasteiger partial charge on any atom is -0.309 e. The van der Waals surface area contributed by atoms with Crippen molar-refractivity contribution in [2.45, 2.75) is 5.41 Å². The number of thiophene rings is 1. The van der Waals surface area contributed by atoms with Gasteiger partial charge in [0, 0.05) is 48.4 Å². The summed E-state index contributed by atoms with van der Waals surface area (Å²) in [6.45, 7) is 0. The Kier molecular flexibility index (Phi) is 6.56. The zero-order valence-electron chi connectivity index (χ0n) is 31.4. The van der Waals surface area contributed by atoms with Gasteiger partial charge in [0.15, 0.2) is 0 Å². The predicted octanol–water partition coefficient (Wildman–Crippen LogP) is 14.6. The lowest BCUT2D eigenvalue weighted by Crippen LogP contribution is -2.28. The molecule has 2 nitrogen and oxygen atoms in total. The predicted molar refractivity (Wildman–Crippen MR) is 245 cm³/mol. The first kappa shape index (κ1) is 31.9. The Hall–Kier alpha value is -7.20. The number of hydrogen-bond acceptors (Lipinski definition) is 1. The maximum atomic E-state index is 2.59. The quantitative estimate of drug-likeness (QED) is 0.169. The van der Waals surface area contributed by atoms with Crippen LogP contribution >= 0.6 is 11.3 Å². The third-order valence-corrected chi connectivity index (χ3v) is 13.9. The van der Waals surface area contributed by atoms with Gasteiger partial charge in [-0.2, -0.15) is 0 Å². The summed E-state index contributed by atoms with van der Waals surface area (Å²) >= 11 is 1.92. The second-order valence-electron chi connectivity index (χ2n) is 15.5. The van der Waals surface area contributed by atoms with Gasteiger partial charge in [-0.3, -0.25) is 0 Å². The van der Waals surface area contributed by atoms with Gasteiger partial charge in [0.1, 0.15) is 0 Å². The summed E-state index contributed by atoms with van der Waals surface area (Å²) in [6.07, 6.45) is 0. The maximum Gasteiger partial charge on any atom is 0.0741 e. The Morgan fingerprint density at radius 1 is 0.362 bits per heavy atom. The van der Waals surface area contributed by atoms with Crippen LogP contribution in [0.1, 0.15) is 22.3 Å². The second-order valence-corrected chi connectivity index (χ2v) is 16.6. The molecule has 0 unspecified atom stereocenters. The van der Waals surface area contributed by atoms with E-state index < -0.39 is 5.41 Å². The summed E-state index contributed by atoms with van der Waals surface area (Å²) in [7, 11) is 0. The van der Waals surface area contributed by atoms with Crippen LogP contribution in [0.4, 0.5) is 0 Å². The fourth-order valence-corrected chi connectivity index (χ4v) is 11.8. The first-order valence-electron chi connectivity index (χ1n) is 20.0. The van der Waals surface area contributed by atoms with Gasteiger partial charge in [0.2, 0.25) is 0 Å². The molecule has 13 rings (SSSR count).